The lowest BCUT2D eigenvalue weighted by molar-refractivity contribution is -0.141. The van der Waals surface area contributed by atoms with E-state index in [9.17, 15) is 32.3 Å². The van der Waals surface area contributed by atoms with Crippen LogP contribution < -0.4 is 10.2 Å². The number of anilines is 2. The molecule has 2 N–H and O–H groups in total. The number of ether oxygens (including phenoxy) is 1. The number of hydrogen-bond acceptors (Lipinski definition) is 6. The minimum Gasteiger partial charge on any atom is -0.387 e. The molecule has 0 spiro atoms. The lowest BCUT2D eigenvalue weighted by Gasteiger charge is -2.31. The minimum atomic E-state index is -4.70. The van der Waals surface area contributed by atoms with Gasteiger partial charge in [-0.25, -0.2) is 9.37 Å². The molecule has 1 aromatic heterocycles. The van der Waals surface area contributed by atoms with E-state index >= 15 is 0 Å². The normalized spacial score (nSPS) is 17.2. The summed E-state index contributed by atoms with van der Waals surface area (Å²) in [6.07, 6.45) is -6.38. The number of carbonyl (C=O) groups is 2. The van der Waals surface area contributed by atoms with Crippen LogP contribution in [0.3, 0.4) is 0 Å². The van der Waals surface area contributed by atoms with Crippen LogP contribution in [0.2, 0.25) is 0 Å². The summed E-state index contributed by atoms with van der Waals surface area (Å²) in [5.74, 6) is -1.26. The molecule has 36 heavy (non-hydrogen) atoms. The summed E-state index contributed by atoms with van der Waals surface area (Å²) in [4.78, 5) is 32.5. The van der Waals surface area contributed by atoms with Crippen molar-refractivity contribution in [2.45, 2.75) is 38.3 Å². The van der Waals surface area contributed by atoms with Crippen LogP contribution in [-0.4, -0.2) is 71.4 Å². The van der Waals surface area contributed by atoms with Crippen LogP contribution in [0.15, 0.2) is 30.3 Å². The molecule has 2 aromatic rings. The van der Waals surface area contributed by atoms with Crippen LogP contribution in [-0.2, 0) is 17.5 Å². The van der Waals surface area contributed by atoms with Gasteiger partial charge in [-0.2, -0.15) is 13.2 Å². The van der Waals surface area contributed by atoms with Gasteiger partial charge < -0.3 is 25.0 Å². The summed E-state index contributed by atoms with van der Waals surface area (Å²) in [7, 11) is 0. The molecule has 3 heterocycles. The van der Waals surface area contributed by atoms with E-state index < -0.39 is 41.2 Å². The Hall–Kier alpha value is -3.25. The molecule has 0 unspecified atom stereocenters. The topological polar surface area (TPSA) is 95.0 Å². The Labute approximate surface area is 204 Å². The van der Waals surface area contributed by atoms with E-state index in [-0.39, 0.29) is 18.8 Å². The summed E-state index contributed by atoms with van der Waals surface area (Å²) in [6, 6.07) is 6.21. The molecule has 8 nitrogen and oxygen atoms in total. The average Bonchev–Trinajstić information content (AvgIpc) is 3.12. The van der Waals surface area contributed by atoms with Crippen molar-refractivity contribution >= 4 is 23.2 Å². The second kappa shape index (κ2) is 9.66. The second-order valence-electron chi connectivity index (χ2n) is 9.29. The van der Waals surface area contributed by atoms with Crippen molar-refractivity contribution in [2.75, 3.05) is 43.1 Å². The first-order chi connectivity index (χ1) is 16.8. The molecule has 4 rings (SSSR count). The molecule has 2 aliphatic rings. The highest BCUT2D eigenvalue weighted by molar-refractivity contribution is 6.07. The Bertz CT molecular complexity index is 1160. The van der Waals surface area contributed by atoms with Gasteiger partial charge in [-0.1, -0.05) is 6.07 Å². The molecule has 1 fully saturated rings. The smallest absolute Gasteiger partial charge is 0.387 e. The molecule has 0 radical (unpaired) electrons. The number of hydrogen-bond donors (Lipinski definition) is 2. The van der Waals surface area contributed by atoms with E-state index in [1.807, 2.05) is 4.90 Å². The van der Waals surface area contributed by atoms with Gasteiger partial charge in [0.2, 0.25) is 0 Å². The van der Waals surface area contributed by atoms with Crippen LogP contribution in [0.4, 0.5) is 28.9 Å². The molecule has 0 bridgehead atoms. The number of nitrogens with zero attached hydrogens (tertiary/aromatic N) is 3. The lowest BCUT2D eigenvalue weighted by Crippen LogP contribution is -2.42. The number of carbonyl (C=O) groups excluding carboxylic acids is 2. The summed E-state index contributed by atoms with van der Waals surface area (Å²) in [5, 5.41) is 12.6. The Morgan fingerprint density at radius 2 is 1.92 bits per heavy atom. The Morgan fingerprint density at radius 1 is 1.22 bits per heavy atom. The molecule has 2 amide bonds. The molecule has 2 aliphatic heterocycles. The van der Waals surface area contributed by atoms with Crippen molar-refractivity contribution in [2.24, 2.45) is 0 Å². The highest BCUT2D eigenvalue weighted by Crippen LogP contribution is 2.36. The molecule has 1 aromatic carbocycles. The number of halogens is 4. The highest BCUT2D eigenvalue weighted by atomic mass is 19.4. The number of aliphatic hydroxyl groups is 1. The number of nitrogens with one attached hydrogen (secondary N) is 1. The van der Waals surface area contributed by atoms with Crippen LogP contribution >= 0.6 is 0 Å². The average molecular weight is 510 g/mol. The first kappa shape index (κ1) is 25.8. The fraction of sp³-hybridized carbons (Fsp3) is 0.458. The Kier molecular flexibility index (Phi) is 6.93. The van der Waals surface area contributed by atoms with Crippen molar-refractivity contribution in [3.8, 4) is 0 Å². The highest BCUT2D eigenvalue weighted by Gasteiger charge is 2.36. The van der Waals surface area contributed by atoms with Crippen LogP contribution in [0.25, 0.3) is 0 Å². The SMILES string of the molecule is CC(C)(O)[C@H](F)CN1Cc2cc(NC(=O)c3cccc(C(F)(F)F)n3)c(N3CCOCC3)cc2C1=O. The molecule has 0 aliphatic carbocycles. The molecule has 0 saturated carbocycles. The van der Waals surface area contributed by atoms with Crippen LogP contribution in [0.5, 0.6) is 0 Å². The summed E-state index contributed by atoms with van der Waals surface area (Å²) in [6.45, 7) is 4.12. The number of benzene rings is 1. The van der Waals surface area contributed by atoms with Gasteiger partial charge in [-0.3, -0.25) is 9.59 Å². The van der Waals surface area contributed by atoms with Gasteiger partial charge in [-0.05, 0) is 43.7 Å². The summed E-state index contributed by atoms with van der Waals surface area (Å²) >= 11 is 0. The number of pyridine rings is 1. The van der Waals surface area contributed by atoms with E-state index in [0.29, 0.717) is 43.1 Å². The molecule has 1 atom stereocenters. The number of aromatic nitrogens is 1. The largest absolute Gasteiger partial charge is 0.433 e. The minimum absolute atomic E-state index is 0.0543. The van der Waals surface area contributed by atoms with Crippen molar-refractivity contribution in [1.29, 1.82) is 0 Å². The monoisotopic (exact) mass is 510 g/mol. The van der Waals surface area contributed by atoms with Crippen molar-refractivity contribution < 1.29 is 37.0 Å². The van der Waals surface area contributed by atoms with E-state index in [1.165, 1.54) is 24.8 Å². The first-order valence-electron chi connectivity index (χ1n) is 11.4. The van der Waals surface area contributed by atoms with Gasteiger partial charge in [0.25, 0.3) is 11.8 Å². The van der Waals surface area contributed by atoms with Crippen LogP contribution in [0, 0.1) is 0 Å². The van der Waals surface area contributed by atoms with Crippen molar-refractivity contribution in [3.63, 3.8) is 0 Å². The van der Waals surface area contributed by atoms with Gasteiger partial charge in [0.15, 0.2) is 0 Å². The van der Waals surface area contributed by atoms with Crippen molar-refractivity contribution in [1.82, 2.24) is 9.88 Å². The maximum atomic E-state index is 14.5. The van der Waals surface area contributed by atoms with E-state index in [0.717, 1.165) is 12.1 Å². The molecular formula is C24H26F4N4O4. The quantitative estimate of drug-likeness (QED) is 0.580. The molecule has 12 heteroatoms. The van der Waals surface area contributed by atoms with Gasteiger partial charge >= 0.3 is 6.18 Å². The summed E-state index contributed by atoms with van der Waals surface area (Å²) in [5.41, 5.74) is -1.61. The maximum absolute atomic E-state index is 14.5. The number of alkyl halides is 4. The zero-order chi connectivity index (χ0) is 26.3. The summed E-state index contributed by atoms with van der Waals surface area (Å²) < 4.78 is 59.0. The zero-order valence-corrected chi connectivity index (χ0v) is 19.7. The fourth-order valence-corrected chi connectivity index (χ4v) is 4.05. The molecular weight excluding hydrogens is 484 g/mol. The van der Waals surface area contributed by atoms with E-state index in [4.69, 9.17) is 4.74 Å². The predicted octanol–water partition coefficient (Wildman–Crippen LogP) is 3.25. The number of amides is 2. The maximum Gasteiger partial charge on any atom is 0.433 e. The Morgan fingerprint density at radius 3 is 2.56 bits per heavy atom. The third-order valence-corrected chi connectivity index (χ3v) is 6.12. The third kappa shape index (κ3) is 5.44. The third-order valence-electron chi connectivity index (χ3n) is 6.12. The van der Waals surface area contributed by atoms with E-state index in [2.05, 4.69) is 10.3 Å². The standard InChI is InChI=1S/C24H26F4N4O4/c1-23(2,35)19(25)13-32-12-14-10-17(18(11-15(14)22(32)34)31-6-8-36-9-7-31)30-21(33)16-4-3-5-20(29-16)24(26,27)28/h3-5,10-11,19,35H,6-9,12-13H2,1-2H3,(H,30,33)/t19-/m1/s1. The van der Waals surface area contributed by atoms with Crippen molar-refractivity contribution in [3.05, 3.63) is 52.8 Å². The lowest BCUT2D eigenvalue weighted by atomic mass is 10.0. The van der Waals surface area contributed by atoms with Gasteiger partial charge in [0, 0.05) is 25.2 Å². The first-order valence-corrected chi connectivity index (χ1v) is 11.4. The van der Waals surface area contributed by atoms with Gasteiger partial charge in [0.05, 0.1) is 36.7 Å². The van der Waals surface area contributed by atoms with E-state index in [1.54, 1.807) is 12.1 Å². The second-order valence-corrected chi connectivity index (χ2v) is 9.29. The predicted molar refractivity (Wildman–Crippen MR) is 123 cm³/mol. The zero-order valence-electron chi connectivity index (χ0n) is 19.7. The Balaban J connectivity index is 1.65. The fourth-order valence-electron chi connectivity index (χ4n) is 4.05. The number of morpholine rings is 1. The number of rotatable bonds is 6. The molecule has 194 valence electrons. The number of fused-ring (bicyclic) bond motifs is 1. The van der Waals surface area contributed by atoms with Crippen LogP contribution in [0.1, 0.15) is 46.0 Å². The van der Waals surface area contributed by atoms with Gasteiger partial charge in [-0.15, -0.1) is 0 Å². The van der Waals surface area contributed by atoms with Gasteiger partial charge in [0.1, 0.15) is 17.6 Å². The molecule has 1 saturated heterocycles.